The Bertz CT molecular complexity index is 409. The van der Waals surface area contributed by atoms with Gasteiger partial charge in [-0.05, 0) is 40.9 Å². The van der Waals surface area contributed by atoms with Gasteiger partial charge in [0.05, 0.1) is 10.6 Å². The van der Waals surface area contributed by atoms with Gasteiger partial charge in [0.1, 0.15) is 11.6 Å². The van der Waals surface area contributed by atoms with Crippen molar-refractivity contribution < 1.29 is 13.9 Å². The first-order valence-electron chi connectivity index (χ1n) is 5.92. The Balaban J connectivity index is 2.40. The first-order chi connectivity index (χ1) is 8.11. The fraction of sp³-hybridized carbons (Fsp3) is 0.538. The lowest BCUT2D eigenvalue weighted by Crippen LogP contribution is -2.19. The summed E-state index contributed by atoms with van der Waals surface area (Å²) in [5.74, 6) is -1.55. The average Bonchev–Trinajstić information content (AvgIpc) is 2.50. The van der Waals surface area contributed by atoms with Crippen LogP contribution in [0.3, 0.4) is 0 Å². The molecule has 0 saturated heterocycles. The van der Waals surface area contributed by atoms with Crippen LogP contribution in [0, 0.1) is 11.6 Å². The van der Waals surface area contributed by atoms with Gasteiger partial charge in [-0.3, -0.25) is 0 Å². The van der Waals surface area contributed by atoms with Crippen molar-refractivity contribution in [1.82, 2.24) is 0 Å². The topological polar surface area (TPSA) is 20.2 Å². The molecule has 0 spiro atoms. The van der Waals surface area contributed by atoms with Crippen molar-refractivity contribution in [3.8, 4) is 0 Å². The molecule has 0 radical (unpaired) electrons. The summed E-state index contributed by atoms with van der Waals surface area (Å²) in [4.78, 5) is 0. The monoisotopic (exact) mass is 304 g/mol. The van der Waals surface area contributed by atoms with Crippen LogP contribution < -0.4 is 0 Å². The molecule has 1 aromatic rings. The van der Waals surface area contributed by atoms with Crippen LogP contribution in [-0.2, 0) is 0 Å². The highest BCUT2D eigenvalue weighted by Gasteiger charge is 2.29. The second-order valence-electron chi connectivity index (χ2n) is 4.57. The van der Waals surface area contributed by atoms with Gasteiger partial charge in [0.25, 0.3) is 0 Å². The maximum atomic E-state index is 14.0. The lowest BCUT2D eigenvalue weighted by atomic mass is 9.89. The van der Waals surface area contributed by atoms with E-state index < -0.39 is 23.7 Å². The van der Waals surface area contributed by atoms with Crippen molar-refractivity contribution >= 4 is 15.9 Å². The van der Waals surface area contributed by atoms with Crippen LogP contribution in [0.1, 0.15) is 43.6 Å². The molecule has 1 aliphatic rings. The summed E-state index contributed by atoms with van der Waals surface area (Å²) in [5.41, 5.74) is 0.0359. The molecule has 2 rings (SSSR count). The number of aliphatic hydroxyl groups excluding tert-OH is 1. The van der Waals surface area contributed by atoms with E-state index in [4.69, 9.17) is 0 Å². The smallest absolute Gasteiger partial charge is 0.143 e. The Labute approximate surface area is 108 Å². The van der Waals surface area contributed by atoms with Crippen LogP contribution in [0.15, 0.2) is 16.6 Å². The highest BCUT2D eigenvalue weighted by atomic mass is 79.9. The van der Waals surface area contributed by atoms with Crippen LogP contribution in [0.25, 0.3) is 0 Å². The van der Waals surface area contributed by atoms with Gasteiger partial charge in [-0.15, -0.1) is 0 Å². The molecule has 0 bridgehead atoms. The van der Waals surface area contributed by atoms with E-state index >= 15 is 0 Å². The normalized spacial score (nSPS) is 25.6. The zero-order valence-corrected chi connectivity index (χ0v) is 11.0. The summed E-state index contributed by atoms with van der Waals surface area (Å²) in [6, 6.07) is 2.61. The van der Waals surface area contributed by atoms with Gasteiger partial charge in [0.2, 0.25) is 0 Å². The highest BCUT2D eigenvalue weighted by Crippen LogP contribution is 2.36. The van der Waals surface area contributed by atoms with Crippen LogP contribution in [0.4, 0.5) is 8.78 Å². The minimum absolute atomic E-state index is 0.0359. The fourth-order valence-corrected chi connectivity index (χ4v) is 2.85. The number of hydrogen-bond donors (Lipinski definition) is 1. The van der Waals surface area contributed by atoms with E-state index in [1.807, 2.05) is 0 Å². The van der Waals surface area contributed by atoms with Crippen molar-refractivity contribution in [2.75, 3.05) is 0 Å². The molecule has 0 aromatic heterocycles. The van der Waals surface area contributed by atoms with Crippen molar-refractivity contribution in [3.63, 3.8) is 0 Å². The highest BCUT2D eigenvalue weighted by molar-refractivity contribution is 9.10. The molecule has 17 heavy (non-hydrogen) atoms. The average molecular weight is 305 g/mol. The summed E-state index contributed by atoms with van der Waals surface area (Å²) < 4.78 is 28.0. The zero-order valence-electron chi connectivity index (χ0n) is 9.43. The second-order valence-corrected chi connectivity index (χ2v) is 5.42. The zero-order chi connectivity index (χ0) is 12.4. The molecule has 0 heterocycles. The molecule has 1 saturated carbocycles. The number of halogens is 3. The number of hydrogen-bond acceptors (Lipinski definition) is 1. The molecular formula is C13H15BrF2O. The van der Waals surface area contributed by atoms with Gasteiger partial charge < -0.3 is 5.11 Å². The summed E-state index contributed by atoms with van der Waals surface area (Å²) in [7, 11) is 0. The van der Waals surface area contributed by atoms with Crippen molar-refractivity contribution in [3.05, 3.63) is 33.8 Å². The predicted octanol–water partition coefficient (Wildman–Crippen LogP) is 4.14. The van der Waals surface area contributed by atoms with E-state index in [1.54, 1.807) is 0 Å². The molecule has 0 aliphatic heterocycles. The summed E-state index contributed by atoms with van der Waals surface area (Å²) in [5, 5.41) is 9.99. The van der Waals surface area contributed by atoms with Gasteiger partial charge in [0, 0.05) is 11.5 Å². The van der Waals surface area contributed by atoms with E-state index in [0.29, 0.717) is 12.8 Å². The lowest BCUT2D eigenvalue weighted by molar-refractivity contribution is 0.132. The maximum Gasteiger partial charge on any atom is 0.143 e. The molecule has 1 aromatic carbocycles. The molecule has 2 unspecified atom stereocenters. The van der Waals surface area contributed by atoms with Gasteiger partial charge in [-0.2, -0.15) is 0 Å². The number of rotatable bonds is 1. The van der Waals surface area contributed by atoms with Crippen molar-refractivity contribution in [2.45, 2.75) is 44.1 Å². The van der Waals surface area contributed by atoms with Crippen molar-refractivity contribution in [1.29, 1.82) is 0 Å². The SMILES string of the molecule is OC1CCCCCC1c1c(F)ccc(Br)c1F. The first-order valence-corrected chi connectivity index (χ1v) is 6.72. The lowest BCUT2D eigenvalue weighted by Gasteiger charge is -2.22. The van der Waals surface area contributed by atoms with E-state index in [2.05, 4.69) is 15.9 Å². The fourth-order valence-electron chi connectivity index (χ4n) is 2.51. The van der Waals surface area contributed by atoms with E-state index in [9.17, 15) is 13.9 Å². The Morgan fingerprint density at radius 2 is 1.82 bits per heavy atom. The summed E-state index contributed by atoms with van der Waals surface area (Å²) in [6.07, 6.45) is 3.48. The number of aliphatic hydroxyl groups is 1. The minimum Gasteiger partial charge on any atom is -0.392 e. The Kier molecular flexibility index (Phi) is 4.15. The molecular weight excluding hydrogens is 290 g/mol. The third-order valence-corrected chi connectivity index (χ3v) is 4.04. The van der Waals surface area contributed by atoms with Gasteiger partial charge >= 0.3 is 0 Å². The molecule has 0 amide bonds. The van der Waals surface area contributed by atoms with Crippen LogP contribution in [0.5, 0.6) is 0 Å². The summed E-state index contributed by atoms with van der Waals surface area (Å²) in [6.45, 7) is 0. The molecule has 1 fully saturated rings. The van der Waals surface area contributed by atoms with E-state index in [-0.39, 0.29) is 10.0 Å². The predicted molar refractivity (Wildman–Crippen MR) is 65.9 cm³/mol. The van der Waals surface area contributed by atoms with Gasteiger partial charge in [0.15, 0.2) is 0 Å². The summed E-state index contributed by atoms with van der Waals surface area (Å²) >= 11 is 3.06. The standard InChI is InChI=1S/C13H15BrF2O/c14-9-6-7-10(15)12(13(9)16)8-4-2-1-3-5-11(8)17/h6-8,11,17H,1-5H2. The van der Waals surface area contributed by atoms with Crippen LogP contribution >= 0.6 is 15.9 Å². The molecule has 1 N–H and O–H groups in total. The Hall–Kier alpha value is -0.480. The van der Waals surface area contributed by atoms with Crippen molar-refractivity contribution in [2.24, 2.45) is 0 Å². The molecule has 1 aliphatic carbocycles. The van der Waals surface area contributed by atoms with E-state index in [0.717, 1.165) is 19.3 Å². The van der Waals surface area contributed by atoms with Crippen LogP contribution in [0.2, 0.25) is 0 Å². The molecule has 2 atom stereocenters. The maximum absolute atomic E-state index is 14.0. The van der Waals surface area contributed by atoms with Gasteiger partial charge in [-0.1, -0.05) is 19.3 Å². The third kappa shape index (κ3) is 2.68. The third-order valence-electron chi connectivity index (χ3n) is 3.43. The molecule has 4 heteroatoms. The van der Waals surface area contributed by atoms with Crippen LogP contribution in [-0.4, -0.2) is 11.2 Å². The van der Waals surface area contributed by atoms with Gasteiger partial charge in [-0.25, -0.2) is 8.78 Å². The molecule has 94 valence electrons. The number of benzene rings is 1. The largest absolute Gasteiger partial charge is 0.392 e. The minimum atomic E-state index is -0.643. The second kappa shape index (κ2) is 5.44. The quantitative estimate of drug-likeness (QED) is 0.611. The Morgan fingerprint density at radius 1 is 1.12 bits per heavy atom. The Morgan fingerprint density at radius 3 is 2.59 bits per heavy atom. The van der Waals surface area contributed by atoms with E-state index in [1.165, 1.54) is 12.1 Å². The molecule has 1 nitrogen and oxygen atoms in total. The first kappa shape index (κ1) is 13.0.